The van der Waals surface area contributed by atoms with Gasteiger partial charge in [-0.2, -0.15) is 0 Å². The van der Waals surface area contributed by atoms with E-state index in [-0.39, 0.29) is 40.6 Å². The molecule has 2 aromatic carbocycles. The van der Waals surface area contributed by atoms with Gasteiger partial charge in [0, 0.05) is 30.3 Å². The van der Waals surface area contributed by atoms with Crippen LogP contribution in [-0.2, 0) is 6.54 Å². The van der Waals surface area contributed by atoms with Crippen LogP contribution in [0.15, 0.2) is 42.5 Å². The zero-order chi connectivity index (χ0) is 17.3. The summed E-state index contributed by atoms with van der Waals surface area (Å²) in [5, 5.41) is 10.8. The molecule has 0 bridgehead atoms. The molecule has 5 nitrogen and oxygen atoms in total. The van der Waals surface area contributed by atoms with Crippen LogP contribution in [0.3, 0.4) is 0 Å². The summed E-state index contributed by atoms with van der Waals surface area (Å²) < 4.78 is 13.9. The van der Waals surface area contributed by atoms with E-state index >= 15 is 0 Å². The van der Waals surface area contributed by atoms with Gasteiger partial charge in [-0.25, -0.2) is 4.39 Å². The number of nitro benzene ring substituents is 1. The average molecular weight is 349 g/mol. The quantitative estimate of drug-likeness (QED) is 0.601. The van der Waals surface area contributed by atoms with E-state index < -0.39 is 4.92 Å². The highest BCUT2D eigenvalue weighted by atomic mass is 35.5. The maximum absolute atomic E-state index is 13.9. The van der Waals surface area contributed by atoms with Crippen molar-refractivity contribution in [2.24, 2.45) is 0 Å². The van der Waals surface area contributed by atoms with Gasteiger partial charge in [0.15, 0.2) is 0 Å². The Morgan fingerprint density at radius 2 is 2.00 bits per heavy atom. The van der Waals surface area contributed by atoms with Crippen molar-refractivity contribution in [2.45, 2.75) is 25.4 Å². The first-order valence-corrected chi connectivity index (χ1v) is 7.83. The van der Waals surface area contributed by atoms with Crippen LogP contribution in [0.2, 0.25) is 5.02 Å². The molecule has 124 valence electrons. The topological polar surface area (TPSA) is 63.4 Å². The molecule has 1 aliphatic carbocycles. The predicted molar refractivity (Wildman–Crippen MR) is 87.4 cm³/mol. The fraction of sp³-hybridized carbons (Fsp3) is 0.235. The van der Waals surface area contributed by atoms with E-state index in [2.05, 4.69) is 0 Å². The number of rotatable bonds is 5. The summed E-state index contributed by atoms with van der Waals surface area (Å²) in [4.78, 5) is 24.6. The van der Waals surface area contributed by atoms with Crippen LogP contribution < -0.4 is 0 Å². The van der Waals surface area contributed by atoms with E-state index in [9.17, 15) is 19.3 Å². The molecule has 0 N–H and O–H groups in total. The van der Waals surface area contributed by atoms with Crippen molar-refractivity contribution in [3.8, 4) is 0 Å². The van der Waals surface area contributed by atoms with E-state index in [1.807, 2.05) is 0 Å². The van der Waals surface area contributed by atoms with Crippen molar-refractivity contribution >= 4 is 23.2 Å². The Labute approximate surface area is 142 Å². The smallest absolute Gasteiger partial charge is 0.270 e. The summed E-state index contributed by atoms with van der Waals surface area (Å²) in [6.45, 7) is 0.142. The zero-order valence-corrected chi connectivity index (χ0v) is 13.4. The summed E-state index contributed by atoms with van der Waals surface area (Å²) in [5.74, 6) is -0.716. The number of nitro groups is 1. The van der Waals surface area contributed by atoms with Gasteiger partial charge >= 0.3 is 0 Å². The van der Waals surface area contributed by atoms with Gasteiger partial charge in [-0.05, 0) is 25.0 Å². The van der Waals surface area contributed by atoms with Crippen molar-refractivity contribution in [1.82, 2.24) is 4.90 Å². The number of hydrogen-bond donors (Lipinski definition) is 0. The monoisotopic (exact) mass is 348 g/mol. The van der Waals surface area contributed by atoms with Crippen LogP contribution in [0.25, 0.3) is 0 Å². The second kappa shape index (κ2) is 6.57. The molecule has 1 fully saturated rings. The first-order valence-electron chi connectivity index (χ1n) is 7.45. The van der Waals surface area contributed by atoms with Crippen LogP contribution in [0, 0.1) is 15.9 Å². The molecule has 7 heteroatoms. The lowest BCUT2D eigenvalue weighted by Crippen LogP contribution is -2.33. The van der Waals surface area contributed by atoms with Crippen molar-refractivity contribution in [3.63, 3.8) is 0 Å². The third kappa shape index (κ3) is 3.38. The van der Waals surface area contributed by atoms with Gasteiger partial charge in [0.05, 0.1) is 15.5 Å². The van der Waals surface area contributed by atoms with Gasteiger partial charge in [-0.1, -0.05) is 29.8 Å². The van der Waals surface area contributed by atoms with Crippen molar-refractivity contribution in [1.29, 1.82) is 0 Å². The van der Waals surface area contributed by atoms with Crippen molar-refractivity contribution in [2.75, 3.05) is 0 Å². The number of halogens is 2. The molecule has 1 amide bonds. The van der Waals surface area contributed by atoms with E-state index in [4.69, 9.17) is 11.6 Å². The lowest BCUT2D eigenvalue weighted by Gasteiger charge is -2.23. The number of hydrogen-bond acceptors (Lipinski definition) is 3. The molecule has 1 saturated carbocycles. The third-order valence-corrected chi connectivity index (χ3v) is 4.25. The van der Waals surface area contributed by atoms with Crippen molar-refractivity contribution < 1.29 is 14.1 Å². The third-order valence-electron chi connectivity index (χ3n) is 3.94. The Morgan fingerprint density at radius 1 is 1.29 bits per heavy atom. The number of carbonyl (C=O) groups is 1. The Kier molecular flexibility index (Phi) is 4.49. The van der Waals surface area contributed by atoms with E-state index in [0.717, 1.165) is 18.9 Å². The SMILES string of the molecule is O=C(c1ccc([N+](=O)[O-])cc1Cl)N(Cc1ccccc1F)C1CC1. The molecule has 0 spiro atoms. The molecule has 0 atom stereocenters. The highest BCUT2D eigenvalue weighted by molar-refractivity contribution is 6.34. The minimum Gasteiger partial charge on any atom is -0.331 e. The highest BCUT2D eigenvalue weighted by Crippen LogP contribution is 2.32. The molecule has 3 rings (SSSR count). The molecule has 0 saturated heterocycles. The predicted octanol–water partition coefficient (Wildman–Crippen LogP) is 4.19. The fourth-order valence-electron chi connectivity index (χ4n) is 2.51. The fourth-order valence-corrected chi connectivity index (χ4v) is 2.76. The number of non-ortho nitro benzene ring substituents is 1. The Morgan fingerprint density at radius 3 is 2.58 bits per heavy atom. The summed E-state index contributed by atoms with van der Waals surface area (Å²) >= 11 is 6.05. The van der Waals surface area contributed by atoms with Crippen LogP contribution in [0.4, 0.5) is 10.1 Å². The highest BCUT2D eigenvalue weighted by Gasteiger charge is 2.34. The van der Waals surface area contributed by atoms with Crippen molar-refractivity contribution in [3.05, 3.63) is 74.5 Å². The molecular formula is C17H14ClFN2O3. The summed E-state index contributed by atoms with van der Waals surface area (Å²) in [6, 6.07) is 10.1. The molecule has 0 aromatic heterocycles. The Bertz CT molecular complexity index is 808. The van der Waals surface area contributed by atoms with E-state index in [0.29, 0.717) is 5.56 Å². The summed E-state index contributed by atoms with van der Waals surface area (Å²) in [6.07, 6.45) is 1.70. The van der Waals surface area contributed by atoms with Gasteiger partial charge in [0.25, 0.3) is 11.6 Å². The molecule has 0 unspecified atom stereocenters. The summed E-state index contributed by atoms with van der Waals surface area (Å²) in [7, 11) is 0. The molecule has 24 heavy (non-hydrogen) atoms. The molecule has 0 heterocycles. The van der Waals surface area contributed by atoms with Gasteiger partial charge in [0.1, 0.15) is 5.82 Å². The number of nitrogens with zero attached hydrogens (tertiary/aromatic N) is 2. The minimum absolute atomic E-state index is 0.0217. The number of carbonyl (C=O) groups excluding carboxylic acids is 1. The van der Waals surface area contributed by atoms with Gasteiger partial charge in [-0.3, -0.25) is 14.9 Å². The van der Waals surface area contributed by atoms with Crippen LogP contribution in [0.5, 0.6) is 0 Å². The normalized spacial score (nSPS) is 13.6. The minimum atomic E-state index is -0.571. The molecular weight excluding hydrogens is 335 g/mol. The summed E-state index contributed by atoms with van der Waals surface area (Å²) in [5.41, 5.74) is 0.435. The molecule has 1 aliphatic rings. The molecule has 2 aromatic rings. The van der Waals surface area contributed by atoms with Gasteiger partial charge in [0.2, 0.25) is 0 Å². The second-order valence-electron chi connectivity index (χ2n) is 5.68. The largest absolute Gasteiger partial charge is 0.331 e. The lowest BCUT2D eigenvalue weighted by atomic mass is 10.1. The standard InChI is InChI=1S/C17H14ClFN2O3/c18-15-9-13(21(23)24)7-8-14(15)17(22)20(12-5-6-12)10-11-3-1-2-4-16(11)19/h1-4,7-9,12H,5-6,10H2. The maximum atomic E-state index is 13.9. The van der Waals surface area contributed by atoms with Gasteiger partial charge < -0.3 is 4.90 Å². The zero-order valence-electron chi connectivity index (χ0n) is 12.6. The molecule has 0 radical (unpaired) electrons. The number of benzene rings is 2. The maximum Gasteiger partial charge on any atom is 0.270 e. The Hall–Kier alpha value is -2.47. The van der Waals surface area contributed by atoms with E-state index in [1.165, 1.54) is 18.2 Å². The van der Waals surface area contributed by atoms with E-state index in [1.54, 1.807) is 23.1 Å². The van der Waals surface area contributed by atoms with Gasteiger partial charge in [-0.15, -0.1) is 0 Å². The second-order valence-corrected chi connectivity index (χ2v) is 6.08. The molecule has 0 aliphatic heterocycles. The van der Waals surface area contributed by atoms with Crippen LogP contribution in [-0.4, -0.2) is 21.8 Å². The Balaban J connectivity index is 1.88. The number of amides is 1. The average Bonchev–Trinajstić information content (AvgIpc) is 3.38. The lowest BCUT2D eigenvalue weighted by molar-refractivity contribution is -0.384. The van der Waals surface area contributed by atoms with Crippen LogP contribution >= 0.6 is 11.6 Å². The van der Waals surface area contributed by atoms with Crippen LogP contribution in [0.1, 0.15) is 28.8 Å². The first-order chi connectivity index (χ1) is 11.5. The first kappa shape index (κ1) is 16.4.